The summed E-state index contributed by atoms with van der Waals surface area (Å²) in [5, 5.41) is 18.2. The van der Waals surface area contributed by atoms with Crippen LogP contribution < -0.4 is 18.9 Å². The lowest BCUT2D eigenvalue weighted by Gasteiger charge is -2.16. The van der Waals surface area contributed by atoms with Gasteiger partial charge in [0.15, 0.2) is 23.0 Å². The normalized spacial score (nSPS) is 18.3. The molecule has 4 aliphatic rings. The van der Waals surface area contributed by atoms with E-state index in [0.717, 1.165) is 40.1 Å². The van der Waals surface area contributed by atoms with Gasteiger partial charge in [0.05, 0.1) is 33.3 Å². The van der Waals surface area contributed by atoms with Gasteiger partial charge in [-0.2, -0.15) is 4.39 Å². The van der Waals surface area contributed by atoms with E-state index < -0.39 is 46.5 Å². The van der Waals surface area contributed by atoms with Crippen molar-refractivity contribution in [2.75, 3.05) is 0 Å². The monoisotopic (exact) mass is 920 g/mol. The van der Waals surface area contributed by atoms with E-state index in [4.69, 9.17) is 19.6 Å². The van der Waals surface area contributed by atoms with Crippen molar-refractivity contribution < 1.29 is 68.8 Å². The Labute approximate surface area is 383 Å². The second kappa shape index (κ2) is 16.4. The molecular weight excluding hydrogens is 877 g/mol. The number of carbonyl (C=O) groups is 4. The fourth-order valence-electron chi connectivity index (χ4n) is 8.59. The van der Waals surface area contributed by atoms with Crippen LogP contribution in [0.2, 0.25) is 0 Å². The van der Waals surface area contributed by atoms with Crippen LogP contribution in [0.4, 0.5) is 17.6 Å². The maximum atomic E-state index is 14.1. The minimum atomic E-state index is -3.73. The Morgan fingerprint density at radius 2 is 1.21 bits per heavy atom. The highest BCUT2D eigenvalue weighted by molar-refractivity contribution is 5.96. The number of hydrogen-bond acceptors (Lipinski definition) is 10. The Hall–Kier alpha value is -7.62. The summed E-state index contributed by atoms with van der Waals surface area (Å²) >= 11 is 0. The van der Waals surface area contributed by atoms with Crippen molar-refractivity contribution in [3.8, 4) is 45.5 Å². The summed E-state index contributed by atoms with van der Waals surface area (Å²) in [6, 6.07) is 24.7. The lowest BCUT2D eigenvalue weighted by atomic mass is 9.88. The SMILES string of the molecule is Cc1cc(C(=O)O)ccc1-c1nc(CC(=O)C2(c3ccc4c(c3)OC(C)(F)O4)CC2)ccc1C.O=C(O)c1ccc(-c2cccc(CC(=O)C3(c4ccc5c(c4)OC(F)(F)O5)CC3)n2)cc1F.[HH].[HH]. The number of carboxylic acids is 2. The van der Waals surface area contributed by atoms with Crippen LogP contribution >= 0.6 is 0 Å². The number of carbonyl (C=O) groups excluding carboxylic acids is 2. The number of alkyl halides is 3. The number of fused-ring (bicyclic) bond motifs is 2. The summed E-state index contributed by atoms with van der Waals surface area (Å²) < 4.78 is 74.0. The molecule has 2 saturated carbocycles. The third-order valence-corrected chi connectivity index (χ3v) is 12.5. The number of rotatable bonds is 12. The Morgan fingerprint density at radius 1 is 0.627 bits per heavy atom. The first kappa shape index (κ1) is 44.6. The number of halogens is 4. The van der Waals surface area contributed by atoms with Gasteiger partial charge in [-0.05, 0) is 129 Å². The van der Waals surface area contributed by atoms with Crippen LogP contribution in [0.3, 0.4) is 0 Å². The molecule has 1 atom stereocenters. The molecule has 2 aliphatic carbocycles. The molecule has 2 fully saturated rings. The quantitative estimate of drug-likeness (QED) is 0.112. The number of benzene rings is 4. The second-order valence-corrected chi connectivity index (χ2v) is 17.2. The predicted molar refractivity (Wildman–Crippen MR) is 236 cm³/mol. The lowest BCUT2D eigenvalue weighted by molar-refractivity contribution is -0.286. The number of carboxylic acid groups (broad SMARTS) is 2. The van der Waals surface area contributed by atoms with E-state index in [1.807, 2.05) is 26.0 Å². The van der Waals surface area contributed by atoms with E-state index in [1.54, 1.807) is 60.7 Å². The summed E-state index contributed by atoms with van der Waals surface area (Å²) in [5.41, 5.74) is 4.91. The molecule has 1 unspecified atom stereocenters. The van der Waals surface area contributed by atoms with E-state index in [-0.39, 0.29) is 44.3 Å². The van der Waals surface area contributed by atoms with Gasteiger partial charge in [0.2, 0.25) is 0 Å². The molecule has 0 spiro atoms. The van der Waals surface area contributed by atoms with E-state index in [9.17, 15) is 41.8 Å². The number of aromatic nitrogens is 2. The zero-order valence-electron chi connectivity index (χ0n) is 36.1. The molecule has 6 aromatic rings. The van der Waals surface area contributed by atoms with Crippen molar-refractivity contribution in [3.05, 3.63) is 154 Å². The number of nitrogens with zero attached hydrogens (tertiary/aromatic N) is 2. The van der Waals surface area contributed by atoms with Crippen molar-refractivity contribution in [1.82, 2.24) is 9.97 Å². The lowest BCUT2D eigenvalue weighted by Crippen LogP contribution is -2.27. The summed E-state index contributed by atoms with van der Waals surface area (Å²) in [7, 11) is 0. The van der Waals surface area contributed by atoms with Crippen LogP contribution in [0.15, 0.2) is 103 Å². The van der Waals surface area contributed by atoms with Crippen molar-refractivity contribution in [3.63, 3.8) is 0 Å². The summed E-state index contributed by atoms with van der Waals surface area (Å²) in [5.74, 6) is -2.86. The topological polar surface area (TPSA) is 171 Å². The van der Waals surface area contributed by atoms with Crippen LogP contribution in [0.25, 0.3) is 22.5 Å². The van der Waals surface area contributed by atoms with Gasteiger partial charge in [-0.25, -0.2) is 14.0 Å². The molecule has 0 saturated heterocycles. The molecule has 10 rings (SSSR count). The highest BCUT2D eigenvalue weighted by atomic mass is 19.3. The maximum Gasteiger partial charge on any atom is 0.586 e. The highest BCUT2D eigenvalue weighted by Crippen LogP contribution is 2.54. The molecule has 67 heavy (non-hydrogen) atoms. The molecule has 4 aromatic carbocycles. The smallest absolute Gasteiger partial charge is 0.478 e. The van der Waals surface area contributed by atoms with Crippen LogP contribution in [0, 0.1) is 19.7 Å². The van der Waals surface area contributed by atoms with E-state index in [2.05, 4.69) is 14.5 Å². The van der Waals surface area contributed by atoms with Gasteiger partial charge in [-0.15, -0.1) is 8.78 Å². The molecule has 4 heterocycles. The predicted octanol–water partition coefficient (Wildman–Crippen LogP) is 10.6. The molecule has 0 radical (unpaired) electrons. The second-order valence-electron chi connectivity index (χ2n) is 17.2. The third-order valence-electron chi connectivity index (χ3n) is 12.5. The standard InChI is InChI=1S/C27H24FNO5.C24H16F3NO5.2H2/c1-15-4-7-19(29-24(15)20-8-5-17(25(31)32)12-16(20)2)14-23(30)27(10-11-27)18-6-9-21-22(13-18)34-26(3,28)33-21;25-17-10-13(4-6-16(17)22(30)31)18-3-1-2-15(28-18)12-21(29)23(8-9-23)14-5-7-19-20(11-14)33-24(26,27)32-19;;/h4-9,12-13H,10-11,14H2,1-3H3,(H,31,32);1-7,10-11H,8-9,12H2,(H,30,31);2*1H. The van der Waals surface area contributed by atoms with Gasteiger partial charge in [0, 0.05) is 45.1 Å². The first-order chi connectivity index (χ1) is 31.7. The molecule has 2 aliphatic heterocycles. The minimum absolute atomic E-state index is 0. The van der Waals surface area contributed by atoms with Gasteiger partial charge in [-0.1, -0.05) is 36.4 Å². The molecular formula is C51H44F4N2O10. The number of ketones is 2. The van der Waals surface area contributed by atoms with Crippen molar-refractivity contribution in [1.29, 1.82) is 0 Å². The van der Waals surface area contributed by atoms with Crippen molar-refractivity contribution in [2.24, 2.45) is 0 Å². The Kier molecular flexibility index (Phi) is 10.9. The number of Topliss-reactive ketones (excluding diaryl/α,β-unsaturated/α-hetero) is 2. The van der Waals surface area contributed by atoms with Crippen LogP contribution in [-0.2, 0) is 33.3 Å². The zero-order chi connectivity index (χ0) is 47.6. The summed E-state index contributed by atoms with van der Waals surface area (Å²) in [6.07, 6.45) is -0.996. The first-order valence-corrected chi connectivity index (χ1v) is 21.2. The largest absolute Gasteiger partial charge is 0.586 e. The van der Waals surface area contributed by atoms with E-state index >= 15 is 0 Å². The Bertz CT molecular complexity index is 3070. The van der Waals surface area contributed by atoms with E-state index in [0.29, 0.717) is 65.4 Å². The van der Waals surface area contributed by atoms with Crippen LogP contribution in [0.5, 0.6) is 23.0 Å². The molecule has 0 bridgehead atoms. The molecule has 2 aromatic heterocycles. The van der Waals surface area contributed by atoms with Gasteiger partial charge >= 0.3 is 24.3 Å². The average molecular weight is 921 g/mol. The van der Waals surface area contributed by atoms with Gasteiger partial charge < -0.3 is 29.2 Å². The third kappa shape index (κ3) is 8.78. The summed E-state index contributed by atoms with van der Waals surface area (Å²) in [4.78, 5) is 58.0. The zero-order valence-corrected chi connectivity index (χ0v) is 36.1. The highest BCUT2D eigenvalue weighted by Gasteiger charge is 2.53. The fraction of sp³-hybridized carbons (Fsp3) is 0.255. The van der Waals surface area contributed by atoms with Gasteiger partial charge in [0.1, 0.15) is 17.4 Å². The first-order valence-electron chi connectivity index (χ1n) is 21.2. The molecule has 2 N–H and O–H groups in total. The molecule has 0 amide bonds. The van der Waals surface area contributed by atoms with Gasteiger partial charge in [0.25, 0.3) is 0 Å². The molecule has 12 nitrogen and oxygen atoms in total. The van der Waals surface area contributed by atoms with Crippen molar-refractivity contribution >= 4 is 23.5 Å². The average Bonchev–Trinajstić information content (AvgIpc) is 4.20. The minimum Gasteiger partial charge on any atom is -0.478 e. The fourth-order valence-corrected chi connectivity index (χ4v) is 8.59. The number of aromatic carboxylic acids is 2. The maximum absolute atomic E-state index is 14.1. The molecule has 16 heteroatoms. The Balaban J connectivity index is 0.000000198. The number of pyridine rings is 2. The number of hydrogen-bond donors (Lipinski definition) is 2. The van der Waals surface area contributed by atoms with Gasteiger partial charge in [-0.3, -0.25) is 19.6 Å². The van der Waals surface area contributed by atoms with Crippen molar-refractivity contribution in [2.45, 2.75) is 82.5 Å². The summed E-state index contributed by atoms with van der Waals surface area (Å²) in [6.45, 7) is 4.98. The van der Waals surface area contributed by atoms with Crippen LogP contribution in [-0.4, -0.2) is 56.0 Å². The van der Waals surface area contributed by atoms with E-state index in [1.165, 1.54) is 25.1 Å². The Morgan fingerprint density at radius 3 is 1.79 bits per heavy atom. The number of aryl methyl sites for hydroxylation is 2. The van der Waals surface area contributed by atoms with Crippen LogP contribution in [0.1, 0.15) is 89.8 Å². The number of ether oxygens (including phenoxy) is 4. The molecule has 346 valence electrons.